The van der Waals surface area contributed by atoms with Crippen molar-refractivity contribution in [3.05, 3.63) is 33.4 Å². The highest BCUT2D eigenvalue weighted by molar-refractivity contribution is 9.10. The molecule has 6 heteroatoms. The van der Waals surface area contributed by atoms with Gasteiger partial charge in [0.2, 0.25) is 0 Å². The molecule has 1 aliphatic carbocycles. The Morgan fingerprint density at radius 1 is 1.39 bits per heavy atom. The monoisotopic (exact) mass is 307 g/mol. The first-order valence-corrected chi connectivity index (χ1v) is 6.26. The normalized spacial score (nSPS) is 12.9. The Morgan fingerprint density at radius 3 is 2.83 bits per heavy atom. The molecule has 0 saturated carbocycles. The predicted octanol–water partition coefficient (Wildman–Crippen LogP) is 1.74. The van der Waals surface area contributed by atoms with Crippen molar-refractivity contribution in [1.29, 1.82) is 0 Å². The maximum Gasteiger partial charge on any atom is 0.267 e. The summed E-state index contributed by atoms with van der Waals surface area (Å²) in [6.07, 6.45) is 1.41. The summed E-state index contributed by atoms with van der Waals surface area (Å²) in [5, 5.41) is 16.5. The number of carbonyl (C=O) groups is 1. The van der Waals surface area contributed by atoms with E-state index in [9.17, 15) is 9.90 Å². The van der Waals surface area contributed by atoms with Crippen LogP contribution in [0.25, 0.3) is 11.3 Å². The van der Waals surface area contributed by atoms with Crippen molar-refractivity contribution in [2.75, 3.05) is 0 Å². The molecule has 1 aliphatic rings. The molecule has 92 valence electrons. The van der Waals surface area contributed by atoms with Crippen LogP contribution in [0.1, 0.15) is 21.6 Å². The summed E-state index contributed by atoms with van der Waals surface area (Å²) in [4.78, 5) is 11.3. The number of amides is 1. The fourth-order valence-electron chi connectivity index (χ4n) is 2.36. The molecule has 0 saturated heterocycles. The van der Waals surface area contributed by atoms with Gasteiger partial charge in [-0.3, -0.25) is 9.89 Å². The number of phenolic OH excluding ortho intramolecular Hbond substituents is 1. The quantitative estimate of drug-likeness (QED) is 0.749. The van der Waals surface area contributed by atoms with Crippen molar-refractivity contribution in [3.8, 4) is 17.0 Å². The second kappa shape index (κ2) is 3.84. The number of fused-ring (bicyclic) bond motifs is 3. The molecule has 0 radical (unpaired) electrons. The largest absolute Gasteiger partial charge is 0.507 e. The number of phenols is 1. The number of carbonyl (C=O) groups excluding carboxylic acids is 1. The van der Waals surface area contributed by atoms with E-state index in [0.29, 0.717) is 16.6 Å². The van der Waals surface area contributed by atoms with Crippen molar-refractivity contribution in [2.24, 2.45) is 5.73 Å². The molecule has 1 heterocycles. The summed E-state index contributed by atoms with van der Waals surface area (Å²) >= 11 is 3.37. The van der Waals surface area contributed by atoms with Gasteiger partial charge < -0.3 is 10.8 Å². The number of halogens is 1. The second-order valence-electron chi connectivity index (χ2n) is 4.21. The predicted molar refractivity (Wildman–Crippen MR) is 69.3 cm³/mol. The van der Waals surface area contributed by atoms with Gasteiger partial charge in [-0.1, -0.05) is 0 Å². The average molecular weight is 308 g/mol. The molecule has 0 bridgehead atoms. The minimum Gasteiger partial charge on any atom is -0.507 e. The number of nitrogens with zero attached hydrogens (tertiary/aromatic N) is 1. The summed E-state index contributed by atoms with van der Waals surface area (Å²) in [6.45, 7) is 0. The van der Waals surface area contributed by atoms with E-state index in [1.54, 1.807) is 12.1 Å². The Bertz CT molecular complexity index is 664. The zero-order chi connectivity index (χ0) is 12.9. The van der Waals surface area contributed by atoms with Crippen LogP contribution in [0.5, 0.6) is 5.75 Å². The number of nitrogens with one attached hydrogen (secondary N) is 1. The lowest BCUT2D eigenvalue weighted by Crippen LogP contribution is -2.15. The van der Waals surface area contributed by atoms with Crippen LogP contribution in [0, 0.1) is 0 Å². The van der Waals surface area contributed by atoms with Crippen molar-refractivity contribution in [2.45, 2.75) is 12.8 Å². The van der Waals surface area contributed by atoms with Gasteiger partial charge in [-0.15, -0.1) is 0 Å². The third-order valence-electron chi connectivity index (χ3n) is 3.22. The summed E-state index contributed by atoms with van der Waals surface area (Å²) in [7, 11) is 0. The van der Waals surface area contributed by atoms with Gasteiger partial charge in [-0.05, 0) is 46.5 Å². The summed E-state index contributed by atoms with van der Waals surface area (Å²) < 4.78 is 0.689. The molecule has 5 nitrogen and oxygen atoms in total. The number of hydrogen-bond acceptors (Lipinski definition) is 3. The van der Waals surface area contributed by atoms with E-state index >= 15 is 0 Å². The number of benzene rings is 1. The van der Waals surface area contributed by atoms with Crippen LogP contribution in [-0.4, -0.2) is 21.2 Å². The topological polar surface area (TPSA) is 92.0 Å². The molecule has 1 amide bonds. The smallest absolute Gasteiger partial charge is 0.267 e. The molecule has 0 atom stereocenters. The van der Waals surface area contributed by atoms with Gasteiger partial charge in [0, 0.05) is 11.1 Å². The van der Waals surface area contributed by atoms with Gasteiger partial charge in [0.05, 0.1) is 10.2 Å². The molecular weight excluding hydrogens is 298 g/mol. The second-order valence-corrected chi connectivity index (χ2v) is 5.01. The molecule has 1 aromatic carbocycles. The lowest BCUT2D eigenvalue weighted by atomic mass is 9.89. The highest BCUT2D eigenvalue weighted by Gasteiger charge is 2.26. The lowest BCUT2D eigenvalue weighted by molar-refractivity contribution is 0.0994. The maximum atomic E-state index is 11.3. The molecule has 0 unspecified atom stereocenters. The highest BCUT2D eigenvalue weighted by atomic mass is 79.9. The molecule has 18 heavy (non-hydrogen) atoms. The Morgan fingerprint density at radius 2 is 2.11 bits per heavy atom. The van der Waals surface area contributed by atoms with Crippen LogP contribution < -0.4 is 5.73 Å². The molecular formula is C12H10BrN3O2. The fourth-order valence-corrected chi connectivity index (χ4v) is 2.90. The highest BCUT2D eigenvalue weighted by Crippen LogP contribution is 2.40. The van der Waals surface area contributed by atoms with Crippen molar-refractivity contribution < 1.29 is 9.90 Å². The van der Waals surface area contributed by atoms with E-state index in [2.05, 4.69) is 26.1 Å². The number of nitrogens with two attached hydrogens (primary N) is 1. The van der Waals surface area contributed by atoms with Crippen LogP contribution in [0.15, 0.2) is 16.6 Å². The Labute approximate surface area is 111 Å². The molecule has 0 aliphatic heterocycles. The van der Waals surface area contributed by atoms with Crippen LogP contribution in [0.4, 0.5) is 0 Å². The van der Waals surface area contributed by atoms with Gasteiger partial charge in [0.1, 0.15) is 11.4 Å². The first-order chi connectivity index (χ1) is 8.59. The number of rotatable bonds is 1. The van der Waals surface area contributed by atoms with Gasteiger partial charge in [-0.25, -0.2) is 0 Å². The van der Waals surface area contributed by atoms with Crippen molar-refractivity contribution in [3.63, 3.8) is 0 Å². The average Bonchev–Trinajstić information content (AvgIpc) is 2.77. The summed E-state index contributed by atoms with van der Waals surface area (Å²) in [5.41, 5.74) is 9.19. The number of aromatic hydroxyl groups is 1. The van der Waals surface area contributed by atoms with Crippen LogP contribution in [-0.2, 0) is 12.8 Å². The maximum absolute atomic E-state index is 11.3. The Hall–Kier alpha value is -1.82. The first-order valence-electron chi connectivity index (χ1n) is 5.47. The van der Waals surface area contributed by atoms with Crippen molar-refractivity contribution in [1.82, 2.24) is 10.2 Å². The van der Waals surface area contributed by atoms with E-state index < -0.39 is 5.91 Å². The zero-order valence-corrected chi connectivity index (χ0v) is 10.9. The van der Waals surface area contributed by atoms with Crippen LogP contribution in [0.3, 0.4) is 0 Å². The van der Waals surface area contributed by atoms with E-state index in [4.69, 9.17) is 5.73 Å². The van der Waals surface area contributed by atoms with Gasteiger partial charge in [0.25, 0.3) is 5.91 Å². The number of aromatic amines is 1. The number of primary amides is 1. The SMILES string of the molecule is NC(=O)c1[nH]nc2c1CCc1c-2ccc(O)c1Br. The van der Waals surface area contributed by atoms with Crippen LogP contribution in [0.2, 0.25) is 0 Å². The minimum absolute atomic E-state index is 0.211. The van der Waals surface area contributed by atoms with E-state index in [-0.39, 0.29) is 5.75 Å². The molecule has 0 spiro atoms. The minimum atomic E-state index is -0.495. The molecule has 1 aromatic heterocycles. The standard InChI is InChI=1S/C12H10BrN3O2/c13-9-5-1-2-7-10(6(5)3-4-8(9)17)15-16-11(7)12(14)18/h3-4,17H,1-2H2,(H2,14,18)(H,15,16). The van der Waals surface area contributed by atoms with Crippen LogP contribution >= 0.6 is 15.9 Å². The third-order valence-corrected chi connectivity index (χ3v) is 4.10. The van der Waals surface area contributed by atoms with Gasteiger partial charge >= 0.3 is 0 Å². The number of hydrogen-bond donors (Lipinski definition) is 3. The fraction of sp³-hybridized carbons (Fsp3) is 0.167. The van der Waals surface area contributed by atoms with Gasteiger partial charge in [0.15, 0.2) is 0 Å². The third kappa shape index (κ3) is 1.45. The summed E-state index contributed by atoms with van der Waals surface area (Å²) in [5.74, 6) is -0.284. The number of aromatic nitrogens is 2. The van der Waals surface area contributed by atoms with E-state index in [1.165, 1.54) is 0 Å². The molecule has 0 fully saturated rings. The molecule has 4 N–H and O–H groups in total. The zero-order valence-electron chi connectivity index (χ0n) is 9.33. The Balaban J connectivity index is 2.25. The van der Waals surface area contributed by atoms with E-state index in [1.807, 2.05) is 0 Å². The summed E-state index contributed by atoms with van der Waals surface area (Å²) in [6, 6.07) is 3.41. The molecule has 2 aromatic rings. The lowest BCUT2D eigenvalue weighted by Gasteiger charge is -2.17. The van der Waals surface area contributed by atoms with Gasteiger partial charge in [-0.2, -0.15) is 5.10 Å². The van der Waals surface area contributed by atoms with E-state index in [0.717, 1.165) is 28.8 Å². The Kier molecular flexibility index (Phi) is 2.41. The number of H-pyrrole nitrogens is 1. The first kappa shape index (κ1) is 11.3. The van der Waals surface area contributed by atoms with Crippen molar-refractivity contribution >= 4 is 21.8 Å². The molecule has 3 rings (SSSR count).